The van der Waals surface area contributed by atoms with Crippen LogP contribution in [0.2, 0.25) is 5.02 Å². The van der Waals surface area contributed by atoms with E-state index in [1.807, 2.05) is 18.2 Å². The number of rotatable bonds is 7. The van der Waals surface area contributed by atoms with Crippen molar-refractivity contribution in [1.29, 1.82) is 0 Å². The number of pyridine rings is 1. The number of aryl methyl sites for hydroxylation is 1. The van der Waals surface area contributed by atoms with Gasteiger partial charge in [0, 0.05) is 29.5 Å². The summed E-state index contributed by atoms with van der Waals surface area (Å²) in [6.45, 7) is 0.245. The molecule has 0 unspecified atom stereocenters. The Balaban J connectivity index is 1.43. The monoisotopic (exact) mass is 507 g/mol. The van der Waals surface area contributed by atoms with Gasteiger partial charge >= 0.3 is 6.09 Å². The summed E-state index contributed by atoms with van der Waals surface area (Å²) < 4.78 is 19.5. The number of fused-ring (bicyclic) bond motifs is 1. The lowest BCUT2D eigenvalue weighted by Crippen LogP contribution is -2.31. The molecule has 6 nitrogen and oxygen atoms in total. The fourth-order valence-electron chi connectivity index (χ4n) is 2.89. The van der Waals surface area contributed by atoms with Gasteiger partial charge in [-0.15, -0.1) is 0 Å². The van der Waals surface area contributed by atoms with Crippen LogP contribution in [0.25, 0.3) is 10.8 Å². The molecule has 31 heavy (non-hydrogen) atoms. The van der Waals surface area contributed by atoms with Gasteiger partial charge in [-0.3, -0.25) is 10.1 Å². The number of hydrogen-bond donors (Lipinski definition) is 1. The van der Waals surface area contributed by atoms with E-state index in [0.29, 0.717) is 17.8 Å². The largest absolute Gasteiger partial charge is 0.447 e. The molecule has 0 bridgehead atoms. The van der Waals surface area contributed by atoms with Crippen LogP contribution in [0, 0.1) is 5.82 Å². The van der Waals surface area contributed by atoms with E-state index in [1.165, 1.54) is 11.0 Å². The molecule has 0 spiro atoms. The molecule has 162 valence electrons. The maximum atomic E-state index is 13.5. The van der Waals surface area contributed by atoms with Crippen LogP contribution in [0.3, 0.4) is 0 Å². The molecule has 0 saturated heterocycles. The minimum atomic E-state index is -0.658. The van der Waals surface area contributed by atoms with Gasteiger partial charge in [-0.25, -0.2) is 14.2 Å². The normalized spacial score (nSPS) is 10.7. The molecule has 3 rings (SSSR count). The van der Waals surface area contributed by atoms with Crippen LogP contribution in [-0.2, 0) is 16.0 Å². The summed E-state index contributed by atoms with van der Waals surface area (Å²) in [6.07, 6.45) is 1.50. The zero-order chi connectivity index (χ0) is 22.4. The summed E-state index contributed by atoms with van der Waals surface area (Å²) in [5.41, 5.74) is 0.578. The number of nitrogens with zero attached hydrogens (tertiary/aromatic N) is 2. The lowest BCUT2D eigenvalue weighted by atomic mass is 10.1. The van der Waals surface area contributed by atoms with Gasteiger partial charge < -0.3 is 9.64 Å². The number of ether oxygens (including phenoxy) is 1. The van der Waals surface area contributed by atoms with E-state index < -0.39 is 11.9 Å². The average molecular weight is 509 g/mol. The maximum absolute atomic E-state index is 13.5. The highest BCUT2D eigenvalue weighted by atomic mass is 79.9. The van der Waals surface area contributed by atoms with Crippen molar-refractivity contribution in [2.24, 2.45) is 0 Å². The lowest BCUT2D eigenvalue weighted by Gasteiger charge is -2.17. The van der Waals surface area contributed by atoms with Crippen LogP contribution in [0.1, 0.15) is 12.0 Å². The zero-order valence-electron chi connectivity index (χ0n) is 16.7. The Morgan fingerprint density at radius 2 is 2.03 bits per heavy atom. The van der Waals surface area contributed by atoms with E-state index in [9.17, 15) is 14.0 Å². The van der Waals surface area contributed by atoms with Crippen molar-refractivity contribution in [2.45, 2.75) is 12.8 Å². The van der Waals surface area contributed by atoms with E-state index >= 15 is 0 Å². The molecule has 3 aromatic rings. The van der Waals surface area contributed by atoms with Crippen LogP contribution < -0.4 is 5.32 Å². The molecule has 0 fully saturated rings. The molecule has 1 heterocycles. The topological polar surface area (TPSA) is 71.5 Å². The summed E-state index contributed by atoms with van der Waals surface area (Å²) in [5.74, 6) is -0.300. The number of nitrogens with one attached hydrogen (secondary N) is 1. The third kappa shape index (κ3) is 6.38. The number of anilines is 1. The van der Waals surface area contributed by atoms with Crippen molar-refractivity contribution in [3.63, 3.8) is 0 Å². The number of hydrogen-bond acceptors (Lipinski definition) is 4. The fraction of sp³-hybridized carbons (Fsp3) is 0.227. The Kier molecular flexibility index (Phi) is 7.81. The first-order valence-corrected chi connectivity index (χ1v) is 10.7. The Morgan fingerprint density at radius 3 is 2.84 bits per heavy atom. The van der Waals surface area contributed by atoms with Crippen LogP contribution in [0.4, 0.5) is 15.0 Å². The quantitative estimate of drug-likeness (QED) is 0.462. The molecule has 2 aromatic carbocycles. The summed E-state index contributed by atoms with van der Waals surface area (Å²) >= 11 is 9.32. The number of aromatic nitrogens is 1. The standard InChI is InChI=1S/C22H20BrClFN3O3/c1-28(20(29)8-6-14-3-2-4-18(25)21(14)24)9-10-31-22(30)27-19-12-16-11-17(23)7-5-15(16)13-26-19/h2-5,7,11-13H,6,8-10H2,1H3,(H,26,27,30). The van der Waals surface area contributed by atoms with Gasteiger partial charge in [-0.2, -0.15) is 0 Å². The molecule has 0 aliphatic heterocycles. The van der Waals surface area contributed by atoms with Crippen molar-refractivity contribution >= 4 is 56.1 Å². The Hall–Kier alpha value is -2.71. The Bertz CT molecular complexity index is 1110. The molecular weight excluding hydrogens is 489 g/mol. The predicted octanol–water partition coefficient (Wildman–Crippen LogP) is 5.43. The highest BCUT2D eigenvalue weighted by Crippen LogP contribution is 2.22. The van der Waals surface area contributed by atoms with Crippen molar-refractivity contribution in [3.8, 4) is 0 Å². The van der Waals surface area contributed by atoms with E-state index in [2.05, 4.69) is 26.2 Å². The minimum absolute atomic E-state index is 0.0218. The van der Waals surface area contributed by atoms with Gasteiger partial charge in [-0.1, -0.05) is 45.7 Å². The van der Waals surface area contributed by atoms with Crippen molar-refractivity contribution in [2.75, 3.05) is 25.5 Å². The number of halogens is 3. The zero-order valence-corrected chi connectivity index (χ0v) is 19.0. The maximum Gasteiger partial charge on any atom is 0.412 e. The number of carbonyl (C=O) groups is 2. The molecule has 1 N–H and O–H groups in total. The Morgan fingerprint density at radius 1 is 1.23 bits per heavy atom. The first kappa shape index (κ1) is 23.0. The lowest BCUT2D eigenvalue weighted by molar-refractivity contribution is -0.130. The second kappa shape index (κ2) is 10.5. The fourth-order valence-corrected chi connectivity index (χ4v) is 3.49. The Labute approximate surface area is 192 Å². The molecule has 2 amide bonds. The molecule has 0 saturated carbocycles. The summed E-state index contributed by atoms with van der Waals surface area (Å²) in [6, 6.07) is 12.0. The first-order chi connectivity index (χ1) is 14.8. The van der Waals surface area contributed by atoms with Gasteiger partial charge in [0.1, 0.15) is 18.2 Å². The number of likely N-dealkylation sites (N-methyl/N-ethyl adjacent to an activating group) is 1. The van der Waals surface area contributed by atoms with Crippen molar-refractivity contribution < 1.29 is 18.7 Å². The molecule has 0 aliphatic carbocycles. The highest BCUT2D eigenvalue weighted by Gasteiger charge is 2.13. The van der Waals surface area contributed by atoms with Crippen LogP contribution >= 0.6 is 27.5 Å². The van der Waals surface area contributed by atoms with E-state index in [4.69, 9.17) is 16.3 Å². The third-order valence-corrected chi connectivity index (χ3v) is 5.56. The summed E-state index contributed by atoms with van der Waals surface area (Å²) in [4.78, 5) is 29.9. The van der Waals surface area contributed by atoms with E-state index in [1.54, 1.807) is 31.4 Å². The van der Waals surface area contributed by atoms with Gasteiger partial charge in [-0.05, 0) is 41.6 Å². The molecule has 0 aliphatic rings. The minimum Gasteiger partial charge on any atom is -0.447 e. The third-order valence-electron chi connectivity index (χ3n) is 4.64. The molecule has 9 heteroatoms. The van der Waals surface area contributed by atoms with Crippen LogP contribution in [0.5, 0.6) is 0 Å². The molecule has 0 atom stereocenters. The molecule has 1 aromatic heterocycles. The first-order valence-electron chi connectivity index (χ1n) is 9.49. The smallest absolute Gasteiger partial charge is 0.412 e. The highest BCUT2D eigenvalue weighted by molar-refractivity contribution is 9.10. The summed E-state index contributed by atoms with van der Waals surface area (Å²) in [7, 11) is 1.61. The van der Waals surface area contributed by atoms with Gasteiger partial charge in [0.2, 0.25) is 5.91 Å². The second-order valence-electron chi connectivity index (χ2n) is 6.85. The van der Waals surface area contributed by atoms with E-state index in [-0.39, 0.29) is 30.5 Å². The van der Waals surface area contributed by atoms with E-state index in [0.717, 1.165) is 15.2 Å². The molecular formula is C22H20BrClFN3O3. The summed E-state index contributed by atoms with van der Waals surface area (Å²) in [5, 5.41) is 4.47. The van der Waals surface area contributed by atoms with Crippen molar-refractivity contribution in [1.82, 2.24) is 9.88 Å². The number of amides is 2. The van der Waals surface area contributed by atoms with Crippen LogP contribution in [0.15, 0.2) is 53.1 Å². The van der Waals surface area contributed by atoms with Gasteiger partial charge in [0.05, 0.1) is 11.6 Å². The number of carbonyl (C=O) groups excluding carboxylic acids is 2. The van der Waals surface area contributed by atoms with Crippen molar-refractivity contribution in [3.05, 3.63) is 69.5 Å². The second-order valence-corrected chi connectivity index (χ2v) is 8.14. The van der Waals surface area contributed by atoms with Crippen LogP contribution in [-0.4, -0.2) is 42.1 Å². The molecule has 0 radical (unpaired) electrons. The average Bonchev–Trinajstić information content (AvgIpc) is 2.74. The predicted molar refractivity (Wildman–Crippen MR) is 122 cm³/mol. The number of benzene rings is 2. The van der Waals surface area contributed by atoms with Gasteiger partial charge in [0.15, 0.2) is 0 Å². The van der Waals surface area contributed by atoms with Gasteiger partial charge in [0.25, 0.3) is 0 Å². The SMILES string of the molecule is CN(CCOC(=O)Nc1cc2cc(Br)ccc2cn1)C(=O)CCc1cccc(F)c1Cl.